The molecule has 0 fully saturated rings. The van der Waals surface area contributed by atoms with Crippen LogP contribution in [-0.4, -0.2) is 4.68 Å². The van der Waals surface area contributed by atoms with Gasteiger partial charge in [0.1, 0.15) is 5.82 Å². The van der Waals surface area contributed by atoms with Crippen molar-refractivity contribution in [2.45, 2.75) is 6.54 Å². The van der Waals surface area contributed by atoms with Crippen molar-refractivity contribution in [1.82, 2.24) is 4.68 Å². The molecule has 0 radical (unpaired) electrons. The zero-order chi connectivity index (χ0) is 10.7. The van der Waals surface area contributed by atoms with Crippen LogP contribution >= 0.6 is 11.6 Å². The predicted molar refractivity (Wildman–Crippen MR) is 58.9 cm³/mol. The Kier molecular flexibility index (Phi) is 2.92. The van der Waals surface area contributed by atoms with Crippen LogP contribution in [0.3, 0.4) is 0 Å². The Hall–Kier alpha value is -1.48. The molecule has 15 heavy (non-hydrogen) atoms. The summed E-state index contributed by atoms with van der Waals surface area (Å²) in [6.07, 6.45) is 3.71. The van der Waals surface area contributed by atoms with E-state index in [1.807, 2.05) is 24.5 Å². The number of rotatable bonds is 3. The Morgan fingerprint density at radius 2 is 2.00 bits per heavy atom. The van der Waals surface area contributed by atoms with Crippen LogP contribution in [0, 0.1) is 5.82 Å². The average Bonchev–Trinajstić information content (AvgIpc) is 2.69. The van der Waals surface area contributed by atoms with Crippen molar-refractivity contribution in [3.05, 3.63) is 59.1 Å². The number of hydrogen-bond donors (Lipinski definition) is 1. The second kappa shape index (κ2) is 4.36. The highest BCUT2D eigenvalue weighted by molar-refractivity contribution is 6.30. The van der Waals surface area contributed by atoms with Gasteiger partial charge in [0.2, 0.25) is 0 Å². The number of hydrogen-bond acceptors (Lipinski definition) is 1. The molecule has 0 amide bonds. The van der Waals surface area contributed by atoms with Crippen molar-refractivity contribution in [3.63, 3.8) is 0 Å². The normalized spacial score (nSPS) is 10.3. The maximum absolute atomic E-state index is 13.3. The Morgan fingerprint density at radius 1 is 1.27 bits per heavy atom. The van der Waals surface area contributed by atoms with Crippen molar-refractivity contribution in [2.24, 2.45) is 0 Å². The fourth-order valence-corrected chi connectivity index (χ4v) is 1.44. The van der Waals surface area contributed by atoms with E-state index in [9.17, 15) is 4.39 Å². The molecule has 0 spiro atoms. The zero-order valence-corrected chi connectivity index (χ0v) is 8.71. The summed E-state index contributed by atoms with van der Waals surface area (Å²) in [4.78, 5) is 0. The molecule has 1 aromatic carbocycles. The summed E-state index contributed by atoms with van der Waals surface area (Å²) in [6, 6.07) is 8.45. The molecule has 0 bridgehead atoms. The molecule has 1 N–H and O–H groups in total. The van der Waals surface area contributed by atoms with Crippen LogP contribution in [0.1, 0.15) is 5.56 Å². The summed E-state index contributed by atoms with van der Waals surface area (Å²) in [6.45, 7) is 0.428. The fourth-order valence-electron chi connectivity index (χ4n) is 1.28. The largest absolute Gasteiger partial charge is 0.322 e. The molecule has 2 rings (SSSR count). The minimum absolute atomic E-state index is 0.290. The van der Waals surface area contributed by atoms with Gasteiger partial charge in [0.05, 0.1) is 6.54 Å². The van der Waals surface area contributed by atoms with Gasteiger partial charge in [0.25, 0.3) is 0 Å². The van der Waals surface area contributed by atoms with Crippen LogP contribution in [0.15, 0.2) is 42.7 Å². The van der Waals surface area contributed by atoms with Crippen LogP contribution in [-0.2, 0) is 6.54 Å². The Labute approximate surface area is 92.3 Å². The van der Waals surface area contributed by atoms with Crippen LogP contribution in [0.2, 0.25) is 5.02 Å². The number of benzene rings is 1. The average molecular weight is 225 g/mol. The lowest BCUT2D eigenvalue weighted by Crippen LogP contribution is -2.12. The van der Waals surface area contributed by atoms with Crippen molar-refractivity contribution in [3.8, 4) is 0 Å². The van der Waals surface area contributed by atoms with Gasteiger partial charge >= 0.3 is 0 Å². The van der Waals surface area contributed by atoms with E-state index in [-0.39, 0.29) is 5.82 Å². The topological polar surface area (TPSA) is 17.0 Å². The van der Waals surface area contributed by atoms with E-state index in [1.165, 1.54) is 6.07 Å². The van der Waals surface area contributed by atoms with E-state index in [2.05, 4.69) is 5.43 Å². The number of halogens is 2. The van der Waals surface area contributed by atoms with Gasteiger partial charge in [-0.15, -0.1) is 0 Å². The van der Waals surface area contributed by atoms with Crippen molar-refractivity contribution < 1.29 is 4.39 Å². The van der Waals surface area contributed by atoms with E-state index in [1.54, 1.807) is 16.8 Å². The molecule has 78 valence electrons. The van der Waals surface area contributed by atoms with E-state index in [0.717, 1.165) is 0 Å². The second-order valence-electron chi connectivity index (χ2n) is 3.16. The molecule has 0 aliphatic heterocycles. The van der Waals surface area contributed by atoms with Gasteiger partial charge in [-0.1, -0.05) is 17.7 Å². The molecule has 2 nitrogen and oxygen atoms in total. The Bertz CT molecular complexity index is 440. The van der Waals surface area contributed by atoms with Gasteiger partial charge in [-0.05, 0) is 24.3 Å². The van der Waals surface area contributed by atoms with E-state index in [0.29, 0.717) is 17.1 Å². The molecule has 0 atom stereocenters. The fraction of sp³-hybridized carbons (Fsp3) is 0.0909. The maximum Gasteiger partial charge on any atom is 0.129 e. The monoisotopic (exact) mass is 224 g/mol. The minimum Gasteiger partial charge on any atom is -0.322 e. The van der Waals surface area contributed by atoms with E-state index >= 15 is 0 Å². The van der Waals surface area contributed by atoms with E-state index < -0.39 is 0 Å². The SMILES string of the molecule is Fc1cc(Cl)ccc1CNn1cccc1. The van der Waals surface area contributed by atoms with Crippen LogP contribution < -0.4 is 5.43 Å². The first-order valence-electron chi connectivity index (χ1n) is 4.56. The molecular formula is C11H10ClFN2. The van der Waals surface area contributed by atoms with Crippen LogP contribution in [0.5, 0.6) is 0 Å². The minimum atomic E-state index is -0.290. The molecule has 0 aliphatic carbocycles. The quantitative estimate of drug-likeness (QED) is 0.848. The van der Waals surface area contributed by atoms with Gasteiger partial charge in [-0.3, -0.25) is 4.68 Å². The highest BCUT2D eigenvalue weighted by Gasteiger charge is 2.01. The third-order valence-electron chi connectivity index (χ3n) is 2.07. The Morgan fingerprint density at radius 3 is 2.67 bits per heavy atom. The number of aromatic nitrogens is 1. The predicted octanol–water partition coefficient (Wildman–Crippen LogP) is 3.02. The summed E-state index contributed by atoms with van der Waals surface area (Å²) < 4.78 is 15.1. The summed E-state index contributed by atoms with van der Waals surface area (Å²) >= 11 is 5.65. The number of nitrogens with zero attached hydrogens (tertiary/aromatic N) is 1. The van der Waals surface area contributed by atoms with Crippen molar-refractivity contribution >= 4 is 11.6 Å². The first kappa shape index (κ1) is 10.1. The third kappa shape index (κ3) is 2.50. The van der Waals surface area contributed by atoms with Crippen LogP contribution in [0.4, 0.5) is 4.39 Å². The standard InChI is InChI=1S/C11H10ClFN2/c12-10-4-3-9(11(13)7-10)8-14-15-5-1-2-6-15/h1-7,14H,8H2. The summed E-state index contributed by atoms with van der Waals surface area (Å²) in [5.74, 6) is -0.290. The van der Waals surface area contributed by atoms with Gasteiger partial charge in [0.15, 0.2) is 0 Å². The van der Waals surface area contributed by atoms with E-state index in [4.69, 9.17) is 11.6 Å². The molecule has 0 aliphatic rings. The first-order valence-corrected chi connectivity index (χ1v) is 4.94. The smallest absolute Gasteiger partial charge is 0.129 e. The lowest BCUT2D eigenvalue weighted by molar-refractivity contribution is 0.609. The molecular weight excluding hydrogens is 215 g/mol. The molecule has 1 aromatic heterocycles. The lowest BCUT2D eigenvalue weighted by Gasteiger charge is -2.08. The van der Waals surface area contributed by atoms with Gasteiger partial charge in [0, 0.05) is 23.0 Å². The molecule has 1 heterocycles. The lowest BCUT2D eigenvalue weighted by atomic mass is 10.2. The maximum atomic E-state index is 13.3. The highest BCUT2D eigenvalue weighted by atomic mass is 35.5. The molecule has 2 aromatic rings. The summed E-state index contributed by atoms with van der Waals surface area (Å²) in [5, 5.41) is 0.414. The first-order chi connectivity index (χ1) is 7.25. The summed E-state index contributed by atoms with van der Waals surface area (Å²) in [5.41, 5.74) is 3.63. The second-order valence-corrected chi connectivity index (χ2v) is 3.60. The Balaban J connectivity index is 2.05. The molecule has 0 saturated heterocycles. The van der Waals surface area contributed by atoms with Gasteiger partial charge in [-0.25, -0.2) is 4.39 Å². The summed E-state index contributed by atoms with van der Waals surface area (Å²) in [7, 11) is 0. The van der Waals surface area contributed by atoms with Crippen LogP contribution in [0.25, 0.3) is 0 Å². The van der Waals surface area contributed by atoms with Gasteiger partial charge < -0.3 is 5.43 Å². The third-order valence-corrected chi connectivity index (χ3v) is 2.31. The molecule has 4 heteroatoms. The molecule has 0 unspecified atom stereocenters. The molecule has 0 saturated carbocycles. The van der Waals surface area contributed by atoms with Gasteiger partial charge in [-0.2, -0.15) is 0 Å². The van der Waals surface area contributed by atoms with Crippen molar-refractivity contribution in [1.29, 1.82) is 0 Å². The number of nitrogens with one attached hydrogen (secondary N) is 1. The van der Waals surface area contributed by atoms with Crippen molar-refractivity contribution in [2.75, 3.05) is 5.43 Å². The zero-order valence-electron chi connectivity index (χ0n) is 7.95. The highest BCUT2D eigenvalue weighted by Crippen LogP contribution is 2.14.